The Morgan fingerprint density at radius 3 is 2.74 bits per heavy atom. The van der Waals surface area contributed by atoms with E-state index in [1.54, 1.807) is 32.4 Å². The van der Waals surface area contributed by atoms with E-state index in [1.165, 1.54) is 12.0 Å². The number of nitrogens with two attached hydrogens (primary N) is 2. The fourth-order valence-corrected chi connectivity index (χ4v) is 7.03. The summed E-state index contributed by atoms with van der Waals surface area (Å²) in [7, 11) is -3.65. The molecule has 39 heavy (non-hydrogen) atoms. The van der Waals surface area contributed by atoms with Gasteiger partial charge >= 0.3 is 0 Å². The Morgan fingerprint density at radius 1 is 1.15 bits per heavy atom. The van der Waals surface area contributed by atoms with Gasteiger partial charge in [0.05, 0.1) is 12.3 Å². The zero-order valence-electron chi connectivity index (χ0n) is 23.0. The highest BCUT2D eigenvalue weighted by Crippen LogP contribution is 2.35. The van der Waals surface area contributed by atoms with Gasteiger partial charge in [-0.2, -0.15) is 0 Å². The second kappa shape index (κ2) is 10.7. The van der Waals surface area contributed by atoms with Crippen molar-refractivity contribution in [2.75, 3.05) is 29.5 Å². The minimum Gasteiger partial charge on any atom is -0.491 e. The SMILES string of the molecule is CC[C@H]1CCc2c(ncnc2N2CCOc3ccc(-c4cnc(N)c(S(=O)(=O)CCC(C)(C)N)c4)cc3C2)C1. The summed E-state index contributed by atoms with van der Waals surface area (Å²) in [6, 6.07) is 7.53. The minimum absolute atomic E-state index is 0.00306. The topological polar surface area (TPSA) is 137 Å². The summed E-state index contributed by atoms with van der Waals surface area (Å²) in [5.74, 6) is 2.39. The average molecular weight is 551 g/mol. The molecule has 0 bridgehead atoms. The van der Waals surface area contributed by atoms with Gasteiger partial charge in [-0.05, 0) is 69.2 Å². The van der Waals surface area contributed by atoms with Crippen molar-refractivity contribution in [3.63, 3.8) is 0 Å². The van der Waals surface area contributed by atoms with Crippen LogP contribution in [0.3, 0.4) is 0 Å². The van der Waals surface area contributed by atoms with E-state index in [-0.39, 0.29) is 16.5 Å². The van der Waals surface area contributed by atoms with Gasteiger partial charge in [-0.15, -0.1) is 0 Å². The first kappa shape index (κ1) is 27.3. The lowest BCUT2D eigenvalue weighted by Crippen LogP contribution is -2.34. The van der Waals surface area contributed by atoms with Crippen LogP contribution < -0.4 is 21.1 Å². The van der Waals surface area contributed by atoms with Crippen molar-refractivity contribution in [2.24, 2.45) is 11.7 Å². The molecule has 1 aliphatic heterocycles. The molecule has 4 N–H and O–H groups in total. The molecule has 1 aromatic carbocycles. The number of pyridine rings is 1. The van der Waals surface area contributed by atoms with Gasteiger partial charge in [-0.1, -0.05) is 19.4 Å². The summed E-state index contributed by atoms with van der Waals surface area (Å²) >= 11 is 0. The molecule has 3 aromatic rings. The third kappa shape index (κ3) is 6.01. The van der Waals surface area contributed by atoms with Gasteiger partial charge in [-0.3, -0.25) is 0 Å². The van der Waals surface area contributed by atoms with Crippen molar-refractivity contribution in [1.82, 2.24) is 15.0 Å². The third-order valence-corrected chi connectivity index (χ3v) is 9.52. The Hall–Kier alpha value is -3.24. The van der Waals surface area contributed by atoms with Crippen molar-refractivity contribution in [3.8, 4) is 16.9 Å². The molecule has 0 unspecified atom stereocenters. The monoisotopic (exact) mass is 550 g/mol. The van der Waals surface area contributed by atoms with E-state index in [4.69, 9.17) is 21.2 Å². The molecule has 10 heteroatoms. The number of nitrogen functional groups attached to an aromatic ring is 1. The molecule has 5 rings (SSSR count). The Balaban J connectivity index is 1.44. The highest BCUT2D eigenvalue weighted by Gasteiger charge is 2.27. The summed E-state index contributed by atoms with van der Waals surface area (Å²) in [5.41, 5.74) is 16.4. The lowest BCUT2D eigenvalue weighted by molar-refractivity contribution is 0.331. The normalized spacial score (nSPS) is 17.6. The molecule has 2 aromatic heterocycles. The Labute approximate surface area is 230 Å². The first-order valence-corrected chi connectivity index (χ1v) is 15.3. The fourth-order valence-electron chi connectivity index (χ4n) is 5.34. The zero-order valence-corrected chi connectivity index (χ0v) is 23.8. The largest absolute Gasteiger partial charge is 0.491 e. The molecule has 0 saturated carbocycles. The lowest BCUT2D eigenvalue weighted by Gasteiger charge is -2.29. The highest BCUT2D eigenvalue weighted by molar-refractivity contribution is 7.91. The second-order valence-corrected chi connectivity index (χ2v) is 13.5. The van der Waals surface area contributed by atoms with Gasteiger partial charge in [0.25, 0.3) is 0 Å². The summed E-state index contributed by atoms with van der Waals surface area (Å²) < 4.78 is 32.3. The van der Waals surface area contributed by atoms with Crippen LogP contribution in [0.5, 0.6) is 5.75 Å². The van der Waals surface area contributed by atoms with E-state index < -0.39 is 15.4 Å². The van der Waals surface area contributed by atoms with E-state index in [9.17, 15) is 8.42 Å². The van der Waals surface area contributed by atoms with Gasteiger partial charge in [0.2, 0.25) is 0 Å². The lowest BCUT2D eigenvalue weighted by atomic mass is 9.85. The van der Waals surface area contributed by atoms with E-state index in [2.05, 4.69) is 21.8 Å². The van der Waals surface area contributed by atoms with Crippen molar-refractivity contribution in [3.05, 3.63) is 53.6 Å². The van der Waals surface area contributed by atoms with Crippen LogP contribution in [0, 0.1) is 5.92 Å². The minimum atomic E-state index is -3.65. The zero-order chi connectivity index (χ0) is 27.8. The molecule has 3 heterocycles. The van der Waals surface area contributed by atoms with Gasteiger partial charge in [0, 0.05) is 40.7 Å². The van der Waals surface area contributed by atoms with Crippen molar-refractivity contribution >= 4 is 21.5 Å². The molecule has 0 amide bonds. The molecule has 0 saturated heterocycles. The predicted molar refractivity (Wildman–Crippen MR) is 153 cm³/mol. The Kier molecular flexibility index (Phi) is 7.52. The number of aromatic nitrogens is 3. The standard InChI is InChI=1S/C29H38N6O3S/c1-4-19-5-7-23-24(13-19)33-18-34-28(23)35-10-11-38-25-8-6-20(14-22(25)17-35)21-15-26(27(30)32-16-21)39(36,37)12-9-29(2,3)31/h6,8,14-16,18-19H,4-5,7,9-13,17,31H2,1-3H3,(H2,30,32)/t19-/m0/s1. The van der Waals surface area contributed by atoms with Crippen molar-refractivity contribution < 1.29 is 13.2 Å². The maximum Gasteiger partial charge on any atom is 0.182 e. The number of fused-ring (bicyclic) bond motifs is 2. The van der Waals surface area contributed by atoms with Crippen LogP contribution >= 0.6 is 0 Å². The number of nitrogens with zero attached hydrogens (tertiary/aromatic N) is 4. The Bertz CT molecular complexity index is 1470. The van der Waals surface area contributed by atoms with E-state index in [0.717, 1.165) is 47.7 Å². The molecule has 0 radical (unpaired) electrons. The molecule has 208 valence electrons. The Morgan fingerprint density at radius 2 is 1.97 bits per heavy atom. The van der Waals surface area contributed by atoms with Crippen LogP contribution in [0.1, 0.15) is 56.9 Å². The molecule has 2 aliphatic rings. The van der Waals surface area contributed by atoms with Crippen LogP contribution in [0.25, 0.3) is 11.1 Å². The summed E-state index contributed by atoms with van der Waals surface area (Å²) in [5, 5.41) is 0. The second-order valence-electron chi connectivity index (χ2n) is 11.4. The third-order valence-electron chi connectivity index (χ3n) is 7.78. The molecule has 1 atom stereocenters. The number of benzene rings is 1. The predicted octanol–water partition coefficient (Wildman–Crippen LogP) is 3.94. The van der Waals surface area contributed by atoms with Gasteiger partial charge < -0.3 is 21.1 Å². The molecule has 0 fully saturated rings. The number of hydrogen-bond donors (Lipinski definition) is 2. The summed E-state index contributed by atoms with van der Waals surface area (Å²) in [6.07, 6.45) is 7.94. The van der Waals surface area contributed by atoms with Crippen LogP contribution in [0.2, 0.25) is 0 Å². The molecule has 1 aliphatic carbocycles. The number of sulfone groups is 1. The summed E-state index contributed by atoms with van der Waals surface area (Å²) in [4.78, 5) is 15.9. The van der Waals surface area contributed by atoms with Crippen molar-refractivity contribution in [2.45, 2.75) is 69.9 Å². The number of anilines is 2. The van der Waals surface area contributed by atoms with Crippen LogP contribution in [-0.4, -0.2) is 47.8 Å². The average Bonchev–Trinajstić information content (AvgIpc) is 3.13. The van der Waals surface area contributed by atoms with Gasteiger partial charge in [-0.25, -0.2) is 23.4 Å². The van der Waals surface area contributed by atoms with Crippen LogP contribution in [0.4, 0.5) is 11.6 Å². The molecule has 0 spiro atoms. The van der Waals surface area contributed by atoms with Gasteiger partial charge in [0.1, 0.15) is 35.2 Å². The first-order valence-electron chi connectivity index (χ1n) is 13.6. The number of rotatable bonds is 7. The van der Waals surface area contributed by atoms with E-state index in [0.29, 0.717) is 37.6 Å². The van der Waals surface area contributed by atoms with E-state index >= 15 is 0 Å². The first-order chi connectivity index (χ1) is 18.5. The molecule has 9 nitrogen and oxygen atoms in total. The highest BCUT2D eigenvalue weighted by atomic mass is 32.2. The number of ether oxygens (including phenoxy) is 1. The fraction of sp³-hybridized carbons (Fsp3) is 0.483. The smallest absolute Gasteiger partial charge is 0.182 e. The van der Waals surface area contributed by atoms with Crippen LogP contribution in [-0.2, 0) is 29.2 Å². The van der Waals surface area contributed by atoms with E-state index in [1.807, 2.05) is 18.2 Å². The maximum absolute atomic E-state index is 13.1. The quantitative estimate of drug-likeness (QED) is 0.448. The summed E-state index contributed by atoms with van der Waals surface area (Å²) in [6.45, 7) is 7.75. The maximum atomic E-state index is 13.1. The molecular weight excluding hydrogens is 512 g/mol. The molecular formula is C29H38N6O3S. The van der Waals surface area contributed by atoms with Gasteiger partial charge in [0.15, 0.2) is 9.84 Å². The van der Waals surface area contributed by atoms with Crippen molar-refractivity contribution in [1.29, 1.82) is 0 Å². The van der Waals surface area contributed by atoms with Crippen LogP contribution in [0.15, 0.2) is 41.7 Å². The number of hydrogen-bond acceptors (Lipinski definition) is 9.